The van der Waals surface area contributed by atoms with Crippen LogP contribution >= 0.6 is 15.9 Å². The SMILES string of the molecule is COc1cc(C)c(CC2CCCNC2)c(Br)c1OC. The average molecular weight is 328 g/mol. The summed E-state index contributed by atoms with van der Waals surface area (Å²) in [6.07, 6.45) is 3.65. The summed E-state index contributed by atoms with van der Waals surface area (Å²) < 4.78 is 11.9. The maximum absolute atomic E-state index is 5.46. The third kappa shape index (κ3) is 3.23. The topological polar surface area (TPSA) is 30.5 Å². The second-order valence-corrected chi connectivity index (χ2v) is 5.93. The molecular weight excluding hydrogens is 306 g/mol. The highest BCUT2D eigenvalue weighted by molar-refractivity contribution is 9.10. The monoisotopic (exact) mass is 327 g/mol. The standard InChI is InChI=1S/C15H22BrNO2/c1-10-7-13(18-2)15(19-3)14(16)12(10)8-11-5-4-6-17-9-11/h7,11,17H,4-6,8-9H2,1-3H3. The fourth-order valence-electron chi connectivity index (χ4n) is 2.75. The molecule has 1 aromatic carbocycles. The molecule has 106 valence electrons. The maximum Gasteiger partial charge on any atom is 0.175 e. The van der Waals surface area contributed by atoms with E-state index in [1.165, 1.54) is 24.0 Å². The molecule has 0 saturated carbocycles. The third-order valence-electron chi connectivity index (χ3n) is 3.83. The van der Waals surface area contributed by atoms with Crippen LogP contribution in [-0.4, -0.2) is 27.3 Å². The van der Waals surface area contributed by atoms with Crippen LogP contribution in [0.25, 0.3) is 0 Å². The van der Waals surface area contributed by atoms with E-state index in [2.05, 4.69) is 34.2 Å². The highest BCUT2D eigenvalue weighted by Gasteiger charge is 2.20. The van der Waals surface area contributed by atoms with Crippen molar-refractivity contribution in [1.82, 2.24) is 5.32 Å². The predicted octanol–water partition coefficient (Wildman–Crippen LogP) is 3.32. The number of hydrogen-bond acceptors (Lipinski definition) is 3. The van der Waals surface area contributed by atoms with Gasteiger partial charge in [0.2, 0.25) is 0 Å². The van der Waals surface area contributed by atoms with Crippen LogP contribution in [-0.2, 0) is 6.42 Å². The highest BCUT2D eigenvalue weighted by Crippen LogP contribution is 2.40. The van der Waals surface area contributed by atoms with Crippen molar-refractivity contribution in [3.63, 3.8) is 0 Å². The molecule has 0 spiro atoms. The minimum absolute atomic E-state index is 0.710. The van der Waals surface area contributed by atoms with Gasteiger partial charge in [-0.25, -0.2) is 0 Å². The number of aryl methyl sites for hydroxylation is 1. The Bertz CT molecular complexity index is 442. The van der Waals surface area contributed by atoms with Gasteiger partial charge in [-0.3, -0.25) is 0 Å². The van der Waals surface area contributed by atoms with Crippen molar-refractivity contribution < 1.29 is 9.47 Å². The van der Waals surface area contributed by atoms with Crippen molar-refractivity contribution in [2.24, 2.45) is 5.92 Å². The van der Waals surface area contributed by atoms with Crippen LogP contribution in [0.3, 0.4) is 0 Å². The van der Waals surface area contributed by atoms with E-state index < -0.39 is 0 Å². The Morgan fingerprint density at radius 1 is 1.37 bits per heavy atom. The van der Waals surface area contributed by atoms with Gasteiger partial charge in [0.1, 0.15) is 0 Å². The smallest absolute Gasteiger partial charge is 0.175 e. The molecule has 1 atom stereocenters. The molecule has 1 saturated heterocycles. The van der Waals surface area contributed by atoms with E-state index in [1.54, 1.807) is 14.2 Å². The quantitative estimate of drug-likeness (QED) is 0.920. The molecule has 0 amide bonds. The Labute approximate surface area is 123 Å². The van der Waals surface area contributed by atoms with Gasteiger partial charge >= 0.3 is 0 Å². The van der Waals surface area contributed by atoms with Crippen LogP contribution in [0.2, 0.25) is 0 Å². The molecular formula is C15H22BrNO2. The second-order valence-electron chi connectivity index (χ2n) is 5.14. The molecule has 1 aliphatic heterocycles. The van der Waals surface area contributed by atoms with Gasteiger partial charge in [-0.2, -0.15) is 0 Å². The molecule has 0 aliphatic carbocycles. The zero-order chi connectivity index (χ0) is 13.8. The molecule has 0 radical (unpaired) electrons. The van der Waals surface area contributed by atoms with Crippen molar-refractivity contribution in [3.05, 3.63) is 21.7 Å². The fourth-order valence-corrected chi connectivity index (χ4v) is 3.58. The molecule has 19 heavy (non-hydrogen) atoms. The summed E-state index contributed by atoms with van der Waals surface area (Å²) in [5.41, 5.74) is 2.60. The van der Waals surface area contributed by atoms with Crippen LogP contribution in [0, 0.1) is 12.8 Å². The molecule has 0 aromatic heterocycles. The summed E-state index contributed by atoms with van der Waals surface area (Å²) in [5, 5.41) is 3.47. The molecule has 0 bridgehead atoms. The summed E-state index contributed by atoms with van der Waals surface area (Å²) >= 11 is 3.69. The lowest BCUT2D eigenvalue weighted by atomic mass is 9.90. The van der Waals surface area contributed by atoms with Gasteiger partial charge in [0.05, 0.1) is 18.7 Å². The van der Waals surface area contributed by atoms with Crippen LogP contribution in [0.1, 0.15) is 24.0 Å². The van der Waals surface area contributed by atoms with E-state index >= 15 is 0 Å². The number of hydrogen-bond donors (Lipinski definition) is 1. The summed E-state index contributed by atoms with van der Waals surface area (Å²) in [5.74, 6) is 2.30. The molecule has 1 aromatic rings. The number of methoxy groups -OCH3 is 2. The van der Waals surface area contributed by atoms with Gasteiger partial charge < -0.3 is 14.8 Å². The number of ether oxygens (including phenoxy) is 2. The van der Waals surface area contributed by atoms with Gasteiger partial charge in [0.15, 0.2) is 11.5 Å². The van der Waals surface area contributed by atoms with E-state index in [1.807, 2.05) is 0 Å². The largest absolute Gasteiger partial charge is 0.493 e. The molecule has 3 nitrogen and oxygen atoms in total. The lowest BCUT2D eigenvalue weighted by Crippen LogP contribution is -2.31. The number of piperidine rings is 1. The van der Waals surface area contributed by atoms with Crippen LogP contribution < -0.4 is 14.8 Å². The van der Waals surface area contributed by atoms with Crippen molar-refractivity contribution in [3.8, 4) is 11.5 Å². The van der Waals surface area contributed by atoms with Crippen molar-refractivity contribution in [2.45, 2.75) is 26.2 Å². The molecule has 4 heteroatoms. The first-order chi connectivity index (χ1) is 9.17. The molecule has 1 aliphatic rings. The Morgan fingerprint density at radius 2 is 2.16 bits per heavy atom. The van der Waals surface area contributed by atoms with Crippen LogP contribution in [0.15, 0.2) is 10.5 Å². The van der Waals surface area contributed by atoms with Gasteiger partial charge in [-0.05, 0) is 78.3 Å². The predicted molar refractivity (Wildman–Crippen MR) is 81.3 cm³/mol. The fraction of sp³-hybridized carbons (Fsp3) is 0.600. The number of halogens is 1. The van der Waals surface area contributed by atoms with E-state index in [-0.39, 0.29) is 0 Å². The molecule has 1 fully saturated rings. The van der Waals surface area contributed by atoms with E-state index in [4.69, 9.17) is 9.47 Å². The Morgan fingerprint density at radius 3 is 2.74 bits per heavy atom. The second kappa shape index (κ2) is 6.62. The van der Waals surface area contributed by atoms with Gasteiger partial charge in [0.25, 0.3) is 0 Å². The van der Waals surface area contributed by atoms with Gasteiger partial charge in [0, 0.05) is 0 Å². The number of benzene rings is 1. The first kappa shape index (κ1) is 14.7. The Hall–Kier alpha value is -0.740. The summed E-state index contributed by atoms with van der Waals surface area (Å²) in [6, 6.07) is 2.06. The molecule has 1 N–H and O–H groups in total. The highest BCUT2D eigenvalue weighted by atomic mass is 79.9. The van der Waals surface area contributed by atoms with Crippen LogP contribution in [0.5, 0.6) is 11.5 Å². The average Bonchev–Trinajstić information content (AvgIpc) is 2.44. The summed E-state index contributed by atoms with van der Waals surface area (Å²) in [7, 11) is 3.36. The molecule has 1 heterocycles. The third-order valence-corrected chi connectivity index (χ3v) is 4.67. The minimum Gasteiger partial charge on any atom is -0.493 e. The van der Waals surface area contributed by atoms with Crippen LogP contribution in [0.4, 0.5) is 0 Å². The van der Waals surface area contributed by atoms with E-state index in [0.29, 0.717) is 5.92 Å². The number of nitrogens with one attached hydrogen (secondary N) is 1. The lowest BCUT2D eigenvalue weighted by molar-refractivity contribution is 0.349. The molecule has 1 unspecified atom stereocenters. The zero-order valence-electron chi connectivity index (χ0n) is 11.9. The zero-order valence-corrected chi connectivity index (χ0v) is 13.5. The van der Waals surface area contributed by atoms with E-state index in [9.17, 15) is 0 Å². The Kier molecular flexibility index (Phi) is 5.11. The minimum atomic E-state index is 0.710. The van der Waals surface area contributed by atoms with Gasteiger partial charge in [-0.15, -0.1) is 0 Å². The number of rotatable bonds is 4. The first-order valence-corrected chi connectivity index (χ1v) is 7.57. The summed E-state index contributed by atoms with van der Waals surface area (Å²) in [6.45, 7) is 4.40. The maximum atomic E-state index is 5.46. The van der Waals surface area contributed by atoms with Gasteiger partial charge in [-0.1, -0.05) is 0 Å². The first-order valence-electron chi connectivity index (χ1n) is 6.78. The summed E-state index contributed by atoms with van der Waals surface area (Å²) in [4.78, 5) is 0. The normalized spacial score (nSPS) is 19.3. The van der Waals surface area contributed by atoms with Crippen molar-refractivity contribution in [1.29, 1.82) is 0 Å². The van der Waals surface area contributed by atoms with Crippen molar-refractivity contribution in [2.75, 3.05) is 27.3 Å². The van der Waals surface area contributed by atoms with E-state index in [0.717, 1.165) is 35.5 Å². The van der Waals surface area contributed by atoms with Crippen molar-refractivity contribution >= 4 is 15.9 Å². The Balaban J connectivity index is 2.28. The molecule has 2 rings (SSSR count). The lowest BCUT2D eigenvalue weighted by Gasteiger charge is -2.25.